The van der Waals surface area contributed by atoms with Gasteiger partial charge < -0.3 is 10.6 Å². The highest BCUT2D eigenvalue weighted by Crippen LogP contribution is 2.45. The maximum atomic E-state index is 5.84. The maximum Gasteiger partial charge on any atom is 0.186 e. The predicted octanol–water partition coefficient (Wildman–Crippen LogP) is 2.71. The molecule has 1 saturated heterocycles. The van der Waals surface area contributed by atoms with E-state index in [1.807, 2.05) is 11.3 Å². The first-order chi connectivity index (χ1) is 8.19. The fourth-order valence-electron chi connectivity index (χ4n) is 2.86. The number of hydrogen-bond donors (Lipinski definition) is 1. The predicted molar refractivity (Wildman–Crippen MR) is 72.6 cm³/mol. The van der Waals surface area contributed by atoms with Gasteiger partial charge in [-0.15, -0.1) is 11.3 Å². The zero-order valence-corrected chi connectivity index (χ0v) is 11.5. The topological polar surface area (TPSA) is 42.2 Å². The van der Waals surface area contributed by atoms with Crippen LogP contribution < -0.4 is 10.6 Å². The van der Waals surface area contributed by atoms with E-state index >= 15 is 0 Å². The van der Waals surface area contributed by atoms with Crippen LogP contribution >= 0.6 is 11.3 Å². The van der Waals surface area contributed by atoms with Gasteiger partial charge in [0, 0.05) is 29.9 Å². The van der Waals surface area contributed by atoms with Crippen LogP contribution in [0.3, 0.4) is 0 Å². The Bertz CT molecular complexity index is 411. The van der Waals surface area contributed by atoms with Crippen LogP contribution in [0.15, 0.2) is 0 Å². The van der Waals surface area contributed by atoms with E-state index < -0.39 is 0 Å². The van der Waals surface area contributed by atoms with Crippen LogP contribution in [-0.4, -0.2) is 17.6 Å². The van der Waals surface area contributed by atoms with Crippen LogP contribution in [0.1, 0.15) is 49.6 Å². The smallest absolute Gasteiger partial charge is 0.186 e. The van der Waals surface area contributed by atoms with Crippen molar-refractivity contribution in [2.75, 3.05) is 11.4 Å². The Kier molecular flexibility index (Phi) is 2.87. The number of anilines is 1. The molecule has 2 unspecified atom stereocenters. The highest BCUT2D eigenvalue weighted by Gasteiger charge is 2.33. The first kappa shape index (κ1) is 11.5. The van der Waals surface area contributed by atoms with Crippen molar-refractivity contribution in [3.63, 3.8) is 0 Å². The van der Waals surface area contributed by atoms with E-state index in [1.165, 1.54) is 35.0 Å². The minimum Gasteiger partial charge on any atom is -0.345 e. The fraction of sp³-hybridized carbons (Fsp3) is 0.769. The average molecular weight is 251 g/mol. The standard InChI is InChI=1S/C13H21N3S/c1-8-5-9(2)16(7-8)13-15-12(10-3-4-10)11(6-14)17-13/h8-10H,3-7,14H2,1-2H3. The van der Waals surface area contributed by atoms with Crippen molar-refractivity contribution in [3.8, 4) is 0 Å². The third-order valence-electron chi connectivity index (χ3n) is 3.90. The highest BCUT2D eigenvalue weighted by atomic mass is 32.1. The van der Waals surface area contributed by atoms with Crippen LogP contribution in [-0.2, 0) is 6.54 Å². The molecule has 1 aliphatic heterocycles. The Hall–Kier alpha value is -0.610. The van der Waals surface area contributed by atoms with Gasteiger partial charge in [-0.3, -0.25) is 0 Å². The SMILES string of the molecule is CC1CC(C)N(c2nc(C3CC3)c(CN)s2)C1. The van der Waals surface area contributed by atoms with E-state index in [2.05, 4.69) is 18.7 Å². The van der Waals surface area contributed by atoms with Crippen LogP contribution in [0.25, 0.3) is 0 Å². The molecule has 0 bridgehead atoms. The molecule has 0 spiro atoms. The summed E-state index contributed by atoms with van der Waals surface area (Å²) >= 11 is 1.82. The fourth-order valence-corrected chi connectivity index (χ4v) is 4.00. The van der Waals surface area contributed by atoms with Crippen LogP contribution in [0.5, 0.6) is 0 Å². The van der Waals surface area contributed by atoms with Gasteiger partial charge in [0.1, 0.15) is 0 Å². The third kappa shape index (κ3) is 2.08. The normalized spacial score (nSPS) is 29.0. The number of thiazole rings is 1. The van der Waals surface area contributed by atoms with Crippen molar-refractivity contribution >= 4 is 16.5 Å². The molecule has 0 amide bonds. The summed E-state index contributed by atoms with van der Waals surface area (Å²) < 4.78 is 0. The number of aromatic nitrogens is 1. The van der Waals surface area contributed by atoms with Crippen molar-refractivity contribution in [2.45, 2.75) is 51.6 Å². The number of hydrogen-bond acceptors (Lipinski definition) is 4. The second-order valence-corrected chi connectivity index (χ2v) is 6.69. The first-order valence-electron chi connectivity index (χ1n) is 6.65. The second-order valence-electron chi connectivity index (χ2n) is 5.63. The van der Waals surface area contributed by atoms with E-state index in [4.69, 9.17) is 10.7 Å². The Morgan fingerprint density at radius 1 is 1.41 bits per heavy atom. The zero-order valence-electron chi connectivity index (χ0n) is 10.6. The lowest BCUT2D eigenvalue weighted by Gasteiger charge is -2.20. The van der Waals surface area contributed by atoms with Crippen LogP contribution in [0, 0.1) is 5.92 Å². The second kappa shape index (κ2) is 4.25. The van der Waals surface area contributed by atoms with E-state index in [0.717, 1.165) is 12.5 Å². The number of nitrogens with zero attached hydrogens (tertiary/aromatic N) is 2. The van der Waals surface area contributed by atoms with Crippen molar-refractivity contribution in [3.05, 3.63) is 10.6 Å². The molecule has 3 rings (SSSR count). The lowest BCUT2D eigenvalue weighted by Crippen LogP contribution is -2.26. The Labute approximate surface area is 107 Å². The monoisotopic (exact) mass is 251 g/mol. The van der Waals surface area contributed by atoms with E-state index in [9.17, 15) is 0 Å². The Balaban J connectivity index is 1.87. The Morgan fingerprint density at radius 3 is 2.71 bits per heavy atom. The molecule has 0 radical (unpaired) electrons. The molecule has 2 aliphatic rings. The molecule has 2 heterocycles. The molecule has 94 valence electrons. The van der Waals surface area contributed by atoms with Crippen LogP contribution in [0.4, 0.5) is 5.13 Å². The molecule has 4 heteroatoms. The molecular weight excluding hydrogens is 230 g/mol. The summed E-state index contributed by atoms with van der Waals surface area (Å²) in [5.41, 5.74) is 7.15. The molecule has 2 N–H and O–H groups in total. The average Bonchev–Trinajstić information content (AvgIpc) is 2.96. The number of nitrogens with two attached hydrogens (primary N) is 1. The largest absolute Gasteiger partial charge is 0.345 e. The van der Waals surface area contributed by atoms with Gasteiger partial charge in [0.2, 0.25) is 0 Å². The molecule has 2 atom stereocenters. The molecule has 1 aliphatic carbocycles. The van der Waals surface area contributed by atoms with Gasteiger partial charge in [-0.05, 0) is 32.1 Å². The molecule has 2 fully saturated rings. The summed E-state index contributed by atoms with van der Waals surface area (Å²) in [5, 5.41) is 1.21. The summed E-state index contributed by atoms with van der Waals surface area (Å²) in [6.45, 7) is 6.45. The minimum atomic E-state index is 0.633. The van der Waals surface area contributed by atoms with Crippen molar-refractivity contribution in [1.82, 2.24) is 4.98 Å². The van der Waals surface area contributed by atoms with Gasteiger partial charge in [-0.2, -0.15) is 0 Å². The lowest BCUT2D eigenvalue weighted by molar-refractivity contribution is 0.625. The highest BCUT2D eigenvalue weighted by molar-refractivity contribution is 7.15. The van der Waals surface area contributed by atoms with Gasteiger partial charge in [-0.1, -0.05) is 6.92 Å². The molecule has 0 aromatic carbocycles. The lowest BCUT2D eigenvalue weighted by atomic mass is 10.1. The molecule has 1 saturated carbocycles. The molecule has 17 heavy (non-hydrogen) atoms. The number of rotatable bonds is 3. The minimum absolute atomic E-state index is 0.633. The van der Waals surface area contributed by atoms with Crippen molar-refractivity contribution in [2.24, 2.45) is 11.7 Å². The zero-order chi connectivity index (χ0) is 12.0. The van der Waals surface area contributed by atoms with Gasteiger partial charge in [0.15, 0.2) is 5.13 Å². The third-order valence-corrected chi connectivity index (χ3v) is 5.03. The van der Waals surface area contributed by atoms with Gasteiger partial charge in [-0.25, -0.2) is 4.98 Å². The quantitative estimate of drug-likeness (QED) is 0.898. The maximum absolute atomic E-state index is 5.84. The van der Waals surface area contributed by atoms with Gasteiger partial charge >= 0.3 is 0 Å². The Morgan fingerprint density at radius 2 is 2.18 bits per heavy atom. The van der Waals surface area contributed by atoms with Gasteiger partial charge in [0.25, 0.3) is 0 Å². The molecular formula is C13H21N3S. The van der Waals surface area contributed by atoms with Crippen molar-refractivity contribution < 1.29 is 0 Å². The van der Waals surface area contributed by atoms with Crippen LogP contribution in [0.2, 0.25) is 0 Å². The van der Waals surface area contributed by atoms with E-state index in [0.29, 0.717) is 18.5 Å². The first-order valence-corrected chi connectivity index (χ1v) is 7.47. The molecule has 1 aromatic heterocycles. The summed E-state index contributed by atoms with van der Waals surface area (Å²) in [7, 11) is 0. The summed E-state index contributed by atoms with van der Waals surface area (Å²) in [4.78, 5) is 8.66. The summed E-state index contributed by atoms with van der Waals surface area (Å²) in [5.74, 6) is 1.51. The van der Waals surface area contributed by atoms with Crippen molar-refractivity contribution in [1.29, 1.82) is 0 Å². The summed E-state index contributed by atoms with van der Waals surface area (Å²) in [6.07, 6.45) is 3.90. The summed E-state index contributed by atoms with van der Waals surface area (Å²) in [6, 6.07) is 0.633. The molecule has 3 nitrogen and oxygen atoms in total. The van der Waals surface area contributed by atoms with Gasteiger partial charge in [0.05, 0.1) is 5.69 Å². The van der Waals surface area contributed by atoms with E-state index in [1.54, 1.807) is 0 Å². The molecule has 1 aromatic rings. The van der Waals surface area contributed by atoms with E-state index in [-0.39, 0.29) is 0 Å².